The van der Waals surface area contributed by atoms with Gasteiger partial charge < -0.3 is 9.80 Å². The van der Waals surface area contributed by atoms with Gasteiger partial charge >= 0.3 is 12.4 Å². The number of hydrogen-bond acceptors (Lipinski definition) is 3. The highest BCUT2D eigenvalue weighted by atomic mass is 35.5. The van der Waals surface area contributed by atoms with Crippen LogP contribution in [0.5, 0.6) is 0 Å². The van der Waals surface area contributed by atoms with Crippen molar-refractivity contribution in [2.45, 2.75) is 12.4 Å². The highest BCUT2D eigenvalue weighted by molar-refractivity contribution is 6.30. The second-order valence-electron chi connectivity index (χ2n) is 7.21. The second-order valence-corrected chi connectivity index (χ2v) is 7.64. The van der Waals surface area contributed by atoms with E-state index in [1.54, 1.807) is 17.0 Å². The van der Waals surface area contributed by atoms with Gasteiger partial charge in [-0.15, -0.1) is 0 Å². The van der Waals surface area contributed by atoms with E-state index in [4.69, 9.17) is 11.6 Å². The molecule has 0 spiro atoms. The van der Waals surface area contributed by atoms with Crippen LogP contribution in [0.2, 0.25) is 5.02 Å². The first-order chi connectivity index (χ1) is 14.5. The molecular weight excluding hydrogens is 444 g/mol. The molecule has 1 fully saturated rings. The van der Waals surface area contributed by atoms with E-state index in [9.17, 15) is 26.3 Å². The predicted molar refractivity (Wildman–Crippen MR) is 108 cm³/mol. The van der Waals surface area contributed by atoms with Gasteiger partial charge in [-0.1, -0.05) is 11.6 Å². The van der Waals surface area contributed by atoms with E-state index in [2.05, 4.69) is 4.98 Å². The number of rotatable bonds is 2. The molecule has 2 heterocycles. The largest absolute Gasteiger partial charge is 0.418 e. The Kier molecular flexibility index (Phi) is 5.41. The lowest BCUT2D eigenvalue weighted by Gasteiger charge is -2.37. The van der Waals surface area contributed by atoms with Gasteiger partial charge in [0.1, 0.15) is 5.82 Å². The van der Waals surface area contributed by atoms with Gasteiger partial charge in [0.05, 0.1) is 22.3 Å². The minimum atomic E-state index is -4.49. The molecule has 0 N–H and O–H groups in total. The zero-order valence-corrected chi connectivity index (χ0v) is 16.7. The number of anilines is 2. The molecule has 3 nitrogen and oxygen atoms in total. The van der Waals surface area contributed by atoms with Crippen molar-refractivity contribution < 1.29 is 26.3 Å². The zero-order valence-electron chi connectivity index (χ0n) is 15.9. The summed E-state index contributed by atoms with van der Waals surface area (Å²) in [6.07, 6.45) is -8.93. The van der Waals surface area contributed by atoms with E-state index >= 15 is 0 Å². The first-order valence-corrected chi connectivity index (χ1v) is 9.75. The molecule has 10 heteroatoms. The number of aromatic nitrogens is 1. The van der Waals surface area contributed by atoms with E-state index in [-0.39, 0.29) is 10.7 Å². The Morgan fingerprint density at radius 3 is 2.06 bits per heavy atom. The quantitative estimate of drug-likeness (QED) is 0.422. The van der Waals surface area contributed by atoms with Gasteiger partial charge in [0.15, 0.2) is 0 Å². The molecule has 0 atom stereocenters. The van der Waals surface area contributed by atoms with Gasteiger partial charge in [0.25, 0.3) is 0 Å². The smallest absolute Gasteiger partial charge is 0.367 e. The first kappa shape index (κ1) is 21.5. The van der Waals surface area contributed by atoms with E-state index < -0.39 is 23.5 Å². The number of halogens is 7. The summed E-state index contributed by atoms with van der Waals surface area (Å²) >= 11 is 5.92. The van der Waals surface area contributed by atoms with Crippen LogP contribution in [0.25, 0.3) is 10.9 Å². The van der Waals surface area contributed by atoms with Crippen molar-refractivity contribution in [3.05, 3.63) is 64.7 Å². The summed E-state index contributed by atoms with van der Waals surface area (Å²) in [6.45, 7) is 1.44. The lowest BCUT2D eigenvalue weighted by Crippen LogP contribution is -2.47. The summed E-state index contributed by atoms with van der Waals surface area (Å²) in [5.74, 6) is 0.564. The number of pyridine rings is 1. The van der Waals surface area contributed by atoms with Gasteiger partial charge in [-0.3, -0.25) is 0 Å². The number of piperazine rings is 1. The fourth-order valence-corrected chi connectivity index (χ4v) is 3.82. The predicted octanol–water partition coefficient (Wildman–Crippen LogP) is 6.25. The van der Waals surface area contributed by atoms with Crippen molar-refractivity contribution >= 4 is 34.0 Å². The topological polar surface area (TPSA) is 19.4 Å². The van der Waals surface area contributed by atoms with E-state index in [0.717, 1.165) is 18.2 Å². The fraction of sp³-hybridized carbons (Fsp3) is 0.286. The SMILES string of the molecule is FC(F)(F)c1ccc2nc(N3CCN(c4cc(Cl)ccc4C(F)(F)F)CC3)ccc2c1. The van der Waals surface area contributed by atoms with Gasteiger partial charge in [0, 0.05) is 36.6 Å². The van der Waals surface area contributed by atoms with Crippen LogP contribution in [0, 0.1) is 0 Å². The van der Waals surface area contributed by atoms with Crippen LogP contribution in [0.15, 0.2) is 48.5 Å². The van der Waals surface area contributed by atoms with Crippen molar-refractivity contribution in [1.29, 1.82) is 0 Å². The monoisotopic (exact) mass is 459 g/mol. The van der Waals surface area contributed by atoms with Crippen LogP contribution in [-0.2, 0) is 12.4 Å². The Hall–Kier alpha value is -2.68. The van der Waals surface area contributed by atoms with E-state index in [0.29, 0.717) is 42.9 Å². The van der Waals surface area contributed by atoms with Crippen molar-refractivity contribution in [2.75, 3.05) is 36.0 Å². The number of nitrogens with zero attached hydrogens (tertiary/aromatic N) is 3. The molecule has 1 aromatic heterocycles. The number of benzene rings is 2. The maximum Gasteiger partial charge on any atom is 0.418 e. The Labute approximate surface area is 178 Å². The Morgan fingerprint density at radius 1 is 0.742 bits per heavy atom. The molecule has 3 aromatic rings. The molecule has 1 saturated heterocycles. The van der Waals surface area contributed by atoms with Crippen LogP contribution < -0.4 is 9.80 Å². The van der Waals surface area contributed by atoms with Gasteiger partial charge in [0.2, 0.25) is 0 Å². The van der Waals surface area contributed by atoms with Gasteiger partial charge in [-0.25, -0.2) is 4.98 Å². The maximum absolute atomic E-state index is 13.4. The second kappa shape index (κ2) is 7.78. The van der Waals surface area contributed by atoms with Crippen molar-refractivity contribution in [3.8, 4) is 0 Å². The van der Waals surface area contributed by atoms with Gasteiger partial charge in [-0.05, 0) is 48.5 Å². The summed E-state index contributed by atoms with van der Waals surface area (Å²) in [4.78, 5) is 7.95. The summed E-state index contributed by atoms with van der Waals surface area (Å²) < 4.78 is 78.7. The Morgan fingerprint density at radius 2 is 1.42 bits per heavy atom. The molecule has 0 radical (unpaired) electrons. The first-order valence-electron chi connectivity index (χ1n) is 9.37. The molecular formula is C21H16ClF6N3. The standard InChI is InChI=1S/C21H16ClF6N3/c22-15-3-4-16(21(26,27)28)18(12-15)30-7-9-31(10-8-30)19-6-1-13-11-14(20(23,24)25)2-5-17(13)29-19/h1-6,11-12H,7-10H2. The molecule has 0 aliphatic carbocycles. The Balaban J connectivity index is 1.53. The molecule has 0 unspecified atom stereocenters. The van der Waals surface area contributed by atoms with Crippen LogP contribution in [-0.4, -0.2) is 31.2 Å². The summed E-state index contributed by atoms with van der Waals surface area (Å²) in [5.41, 5.74) is -1.03. The highest BCUT2D eigenvalue weighted by Crippen LogP contribution is 2.38. The molecule has 4 rings (SSSR count). The molecule has 0 saturated carbocycles. The fourth-order valence-electron chi connectivity index (χ4n) is 3.65. The lowest BCUT2D eigenvalue weighted by molar-refractivity contribution is -0.138. The summed E-state index contributed by atoms with van der Waals surface area (Å²) in [6, 6.07) is 10.0. The highest BCUT2D eigenvalue weighted by Gasteiger charge is 2.35. The number of fused-ring (bicyclic) bond motifs is 1. The molecule has 31 heavy (non-hydrogen) atoms. The molecule has 0 amide bonds. The third kappa shape index (κ3) is 4.51. The van der Waals surface area contributed by atoms with Crippen LogP contribution in [0.3, 0.4) is 0 Å². The minimum absolute atomic E-state index is 0.0331. The zero-order chi connectivity index (χ0) is 22.4. The molecule has 2 aromatic carbocycles. The van der Waals surface area contributed by atoms with Crippen molar-refractivity contribution in [2.24, 2.45) is 0 Å². The molecule has 0 bridgehead atoms. The van der Waals surface area contributed by atoms with E-state index in [1.807, 2.05) is 4.90 Å². The third-order valence-electron chi connectivity index (χ3n) is 5.21. The van der Waals surface area contributed by atoms with Gasteiger partial charge in [-0.2, -0.15) is 26.3 Å². The van der Waals surface area contributed by atoms with Crippen LogP contribution in [0.4, 0.5) is 37.8 Å². The van der Waals surface area contributed by atoms with Crippen molar-refractivity contribution in [3.63, 3.8) is 0 Å². The maximum atomic E-state index is 13.4. The minimum Gasteiger partial charge on any atom is -0.367 e. The molecule has 1 aliphatic heterocycles. The van der Waals surface area contributed by atoms with Crippen LogP contribution >= 0.6 is 11.6 Å². The summed E-state index contributed by atoms with van der Waals surface area (Å²) in [5, 5.41) is 0.589. The Bertz CT molecular complexity index is 1100. The van der Waals surface area contributed by atoms with Crippen LogP contribution in [0.1, 0.15) is 11.1 Å². The number of alkyl halides is 6. The van der Waals surface area contributed by atoms with Crippen molar-refractivity contribution in [1.82, 2.24) is 4.98 Å². The average Bonchev–Trinajstić information content (AvgIpc) is 2.71. The molecule has 164 valence electrons. The normalized spacial score (nSPS) is 15.6. The average molecular weight is 460 g/mol. The summed E-state index contributed by atoms with van der Waals surface area (Å²) in [7, 11) is 0. The number of hydrogen-bond donors (Lipinski definition) is 0. The molecule has 1 aliphatic rings. The van der Waals surface area contributed by atoms with E-state index in [1.165, 1.54) is 18.2 Å². The third-order valence-corrected chi connectivity index (χ3v) is 5.45. The lowest BCUT2D eigenvalue weighted by atomic mass is 10.1.